The van der Waals surface area contributed by atoms with Crippen molar-refractivity contribution in [1.82, 2.24) is 19.9 Å². The van der Waals surface area contributed by atoms with Gasteiger partial charge in [-0.3, -0.25) is 19.1 Å². The van der Waals surface area contributed by atoms with Gasteiger partial charge in [0.2, 0.25) is 0 Å². The minimum atomic E-state index is -0.0202. The summed E-state index contributed by atoms with van der Waals surface area (Å²) in [4.78, 5) is 27.8. The zero-order chi connectivity index (χ0) is 22.8. The van der Waals surface area contributed by atoms with Crippen LogP contribution < -0.4 is 5.32 Å². The highest BCUT2D eigenvalue weighted by Gasteiger charge is 2.25. The van der Waals surface area contributed by atoms with Crippen LogP contribution >= 0.6 is 0 Å². The number of Topliss-reactive ketones (excluding diaryl/α,β-unsaturated/α-hetero) is 1. The van der Waals surface area contributed by atoms with Gasteiger partial charge in [-0.1, -0.05) is 23.4 Å². The van der Waals surface area contributed by atoms with Gasteiger partial charge in [0, 0.05) is 47.7 Å². The van der Waals surface area contributed by atoms with Crippen LogP contribution in [0.15, 0.2) is 40.9 Å². The Morgan fingerprint density at radius 1 is 1.06 bits per heavy atom. The predicted molar refractivity (Wildman–Crippen MR) is 122 cm³/mol. The van der Waals surface area contributed by atoms with Gasteiger partial charge in [0.15, 0.2) is 11.6 Å². The molecule has 0 aliphatic carbocycles. The Morgan fingerprint density at radius 3 is 2.44 bits per heavy atom. The van der Waals surface area contributed by atoms with Gasteiger partial charge in [-0.05, 0) is 58.2 Å². The molecule has 1 saturated heterocycles. The Morgan fingerprint density at radius 2 is 1.78 bits per heavy atom. The third-order valence-electron chi connectivity index (χ3n) is 6.26. The van der Waals surface area contributed by atoms with Crippen LogP contribution in [0, 0.1) is 27.7 Å². The van der Waals surface area contributed by atoms with E-state index in [-0.39, 0.29) is 17.7 Å². The number of piperidine rings is 1. The lowest BCUT2D eigenvalue weighted by molar-refractivity contribution is 0.0858. The van der Waals surface area contributed by atoms with E-state index in [1.54, 1.807) is 0 Å². The van der Waals surface area contributed by atoms with Crippen LogP contribution in [-0.4, -0.2) is 52.0 Å². The zero-order valence-electron chi connectivity index (χ0n) is 19.1. The van der Waals surface area contributed by atoms with Crippen molar-refractivity contribution in [1.29, 1.82) is 0 Å². The third-order valence-corrected chi connectivity index (χ3v) is 6.26. The molecule has 3 aromatic rings. The summed E-state index contributed by atoms with van der Waals surface area (Å²) < 4.78 is 7.15. The molecule has 1 N–H and O–H groups in total. The molecule has 32 heavy (non-hydrogen) atoms. The molecule has 1 amide bonds. The number of amides is 1. The molecule has 4 rings (SSSR count). The number of nitrogens with one attached hydrogen (secondary N) is 1. The number of carbonyl (C=O) groups excluding carboxylic acids is 2. The molecule has 3 heterocycles. The first-order valence-corrected chi connectivity index (χ1v) is 11.1. The quantitative estimate of drug-likeness (QED) is 0.597. The minimum absolute atomic E-state index is 0.0202. The van der Waals surface area contributed by atoms with Gasteiger partial charge in [-0.15, -0.1) is 0 Å². The first kappa shape index (κ1) is 22.0. The van der Waals surface area contributed by atoms with Crippen LogP contribution in [-0.2, 0) is 0 Å². The topological polar surface area (TPSA) is 80.4 Å². The predicted octanol–water partition coefficient (Wildman–Crippen LogP) is 3.78. The van der Waals surface area contributed by atoms with Crippen molar-refractivity contribution < 1.29 is 14.1 Å². The van der Waals surface area contributed by atoms with Crippen molar-refractivity contribution >= 4 is 11.7 Å². The molecular weight excluding hydrogens is 404 g/mol. The van der Waals surface area contributed by atoms with E-state index in [1.165, 1.54) is 0 Å². The Hall–Kier alpha value is -3.19. The summed E-state index contributed by atoms with van der Waals surface area (Å²) in [5.41, 5.74) is 4.25. The maximum absolute atomic E-state index is 13.0. The molecule has 1 aromatic carbocycles. The van der Waals surface area contributed by atoms with E-state index in [1.807, 2.05) is 68.7 Å². The maximum atomic E-state index is 13.0. The highest BCUT2D eigenvalue weighted by Crippen LogP contribution is 2.22. The second kappa shape index (κ2) is 9.12. The molecule has 1 aliphatic rings. The number of aromatic nitrogens is 2. The zero-order valence-corrected chi connectivity index (χ0v) is 19.1. The summed E-state index contributed by atoms with van der Waals surface area (Å²) in [6.07, 6.45) is 1.67. The SMILES string of the molecule is Cc1cc(-n2c(C)cc(C(=O)CN3CCC(NC(=O)c4ccccc4C)CC3)c2C)no1. The number of aryl methyl sites for hydroxylation is 3. The number of benzene rings is 1. The average molecular weight is 435 g/mol. The fraction of sp³-hybridized carbons (Fsp3) is 0.400. The highest BCUT2D eigenvalue weighted by molar-refractivity contribution is 5.99. The van der Waals surface area contributed by atoms with Crippen molar-refractivity contribution in [3.63, 3.8) is 0 Å². The summed E-state index contributed by atoms with van der Waals surface area (Å²) in [6.45, 7) is 9.65. The van der Waals surface area contributed by atoms with Crippen LogP contribution in [0.3, 0.4) is 0 Å². The van der Waals surface area contributed by atoms with Crippen LogP contribution in [0.4, 0.5) is 0 Å². The number of rotatable bonds is 6. The van der Waals surface area contributed by atoms with Gasteiger partial charge in [0.25, 0.3) is 5.91 Å². The summed E-state index contributed by atoms with van der Waals surface area (Å²) in [5, 5.41) is 7.24. The number of nitrogens with zero attached hydrogens (tertiary/aromatic N) is 3. The van der Waals surface area contributed by atoms with Crippen molar-refractivity contribution in [3.8, 4) is 5.82 Å². The van der Waals surface area contributed by atoms with Crippen molar-refractivity contribution in [2.45, 2.75) is 46.6 Å². The number of ketones is 1. The lowest BCUT2D eigenvalue weighted by Gasteiger charge is -2.32. The van der Waals surface area contributed by atoms with Gasteiger partial charge in [-0.2, -0.15) is 0 Å². The smallest absolute Gasteiger partial charge is 0.251 e. The van der Waals surface area contributed by atoms with Gasteiger partial charge in [-0.25, -0.2) is 0 Å². The van der Waals surface area contributed by atoms with E-state index in [0.717, 1.165) is 59.8 Å². The van der Waals surface area contributed by atoms with Gasteiger partial charge < -0.3 is 9.84 Å². The average Bonchev–Trinajstić information content (AvgIpc) is 3.31. The molecule has 1 aliphatic heterocycles. The molecule has 168 valence electrons. The highest BCUT2D eigenvalue weighted by atomic mass is 16.5. The lowest BCUT2D eigenvalue weighted by atomic mass is 10.0. The van der Waals surface area contributed by atoms with Crippen LogP contribution in [0.25, 0.3) is 5.82 Å². The first-order chi connectivity index (χ1) is 15.3. The molecule has 0 saturated carbocycles. The van der Waals surface area contributed by atoms with Crippen molar-refractivity contribution in [2.24, 2.45) is 0 Å². The van der Waals surface area contributed by atoms with E-state index in [2.05, 4.69) is 15.4 Å². The standard InChI is InChI=1S/C25H30N4O3/c1-16-7-5-6-8-21(16)25(31)26-20-9-11-28(12-10-20)15-23(30)22-13-17(2)29(19(22)4)24-14-18(3)32-27-24/h5-8,13-14,20H,9-12,15H2,1-4H3,(H,26,31). The van der Waals surface area contributed by atoms with Crippen molar-refractivity contribution in [2.75, 3.05) is 19.6 Å². The second-order valence-corrected chi connectivity index (χ2v) is 8.68. The summed E-state index contributed by atoms with van der Waals surface area (Å²) in [7, 11) is 0. The largest absolute Gasteiger partial charge is 0.360 e. The normalized spacial score (nSPS) is 15.1. The monoisotopic (exact) mass is 434 g/mol. The first-order valence-electron chi connectivity index (χ1n) is 11.1. The fourth-order valence-corrected chi connectivity index (χ4v) is 4.47. The lowest BCUT2D eigenvalue weighted by Crippen LogP contribution is -2.46. The van der Waals surface area contributed by atoms with Gasteiger partial charge >= 0.3 is 0 Å². The molecule has 2 aromatic heterocycles. The Kier molecular flexibility index (Phi) is 6.28. The Balaban J connectivity index is 1.34. The molecule has 0 bridgehead atoms. The van der Waals surface area contributed by atoms with E-state index in [9.17, 15) is 9.59 Å². The number of carbonyl (C=O) groups is 2. The maximum Gasteiger partial charge on any atom is 0.251 e. The summed E-state index contributed by atoms with van der Waals surface area (Å²) >= 11 is 0. The summed E-state index contributed by atoms with van der Waals surface area (Å²) in [5.74, 6) is 1.51. The Bertz CT molecular complexity index is 1140. The van der Waals surface area contributed by atoms with E-state index < -0.39 is 0 Å². The van der Waals surface area contributed by atoms with E-state index in [4.69, 9.17) is 4.52 Å². The molecule has 0 radical (unpaired) electrons. The van der Waals surface area contributed by atoms with Crippen LogP contribution in [0.2, 0.25) is 0 Å². The molecule has 0 unspecified atom stereocenters. The third kappa shape index (κ3) is 4.53. The number of hydrogen-bond donors (Lipinski definition) is 1. The van der Waals surface area contributed by atoms with E-state index in [0.29, 0.717) is 12.4 Å². The van der Waals surface area contributed by atoms with Crippen LogP contribution in [0.5, 0.6) is 0 Å². The molecule has 7 heteroatoms. The molecule has 7 nitrogen and oxygen atoms in total. The molecular formula is C25H30N4O3. The van der Waals surface area contributed by atoms with Crippen molar-refractivity contribution in [3.05, 3.63) is 70.2 Å². The number of likely N-dealkylation sites (tertiary alicyclic amines) is 1. The summed E-state index contributed by atoms with van der Waals surface area (Å²) in [6, 6.07) is 11.6. The fourth-order valence-electron chi connectivity index (χ4n) is 4.47. The Labute approximate surface area is 188 Å². The minimum Gasteiger partial charge on any atom is -0.360 e. The van der Waals surface area contributed by atoms with Gasteiger partial charge in [0.1, 0.15) is 5.76 Å². The second-order valence-electron chi connectivity index (χ2n) is 8.68. The van der Waals surface area contributed by atoms with Crippen LogP contribution in [0.1, 0.15) is 56.3 Å². The molecule has 1 fully saturated rings. The number of hydrogen-bond acceptors (Lipinski definition) is 5. The van der Waals surface area contributed by atoms with E-state index >= 15 is 0 Å². The molecule has 0 spiro atoms. The molecule has 0 atom stereocenters. The van der Waals surface area contributed by atoms with Gasteiger partial charge in [0.05, 0.1) is 6.54 Å².